The molecular weight excluding hydrogens is 248 g/mol. The fourth-order valence-electron chi connectivity index (χ4n) is 3.48. The molecule has 3 nitrogen and oxygen atoms in total. The van der Waals surface area contributed by atoms with Gasteiger partial charge >= 0.3 is 0 Å². The minimum atomic E-state index is 0.191. The van der Waals surface area contributed by atoms with Crippen molar-refractivity contribution >= 4 is 17.3 Å². The van der Waals surface area contributed by atoms with Gasteiger partial charge in [0.2, 0.25) is 5.91 Å². The van der Waals surface area contributed by atoms with Crippen molar-refractivity contribution in [3.8, 4) is 0 Å². The Balaban J connectivity index is 1.63. The molecule has 0 bridgehead atoms. The number of nitrogens with one attached hydrogen (secondary N) is 2. The van der Waals surface area contributed by atoms with Gasteiger partial charge in [-0.2, -0.15) is 0 Å². The molecule has 0 atom stereocenters. The van der Waals surface area contributed by atoms with E-state index in [-0.39, 0.29) is 5.91 Å². The molecule has 1 heterocycles. The maximum atomic E-state index is 12.2. The molecule has 20 heavy (non-hydrogen) atoms. The maximum Gasteiger partial charge on any atom is 0.224 e. The highest BCUT2D eigenvalue weighted by molar-refractivity contribution is 5.92. The van der Waals surface area contributed by atoms with Crippen molar-refractivity contribution in [1.82, 2.24) is 0 Å². The SMILES string of the molecule is O=C(CC1CCCCC1)Nc1cccc2c1CCCN2. The molecule has 0 aromatic heterocycles. The predicted molar refractivity (Wildman–Crippen MR) is 83.1 cm³/mol. The molecular formula is C17H24N2O. The lowest BCUT2D eigenvalue weighted by molar-refractivity contribution is -0.117. The minimum Gasteiger partial charge on any atom is -0.385 e. The summed E-state index contributed by atoms with van der Waals surface area (Å²) >= 11 is 0. The second-order valence-electron chi connectivity index (χ2n) is 6.12. The van der Waals surface area contributed by atoms with E-state index in [2.05, 4.69) is 16.7 Å². The van der Waals surface area contributed by atoms with E-state index in [1.165, 1.54) is 43.4 Å². The quantitative estimate of drug-likeness (QED) is 0.874. The lowest BCUT2D eigenvalue weighted by Crippen LogP contribution is -2.20. The van der Waals surface area contributed by atoms with Crippen LogP contribution in [0.1, 0.15) is 50.5 Å². The van der Waals surface area contributed by atoms with E-state index < -0.39 is 0 Å². The Morgan fingerprint density at radius 3 is 2.90 bits per heavy atom. The molecule has 0 radical (unpaired) electrons. The van der Waals surface area contributed by atoms with Gasteiger partial charge in [-0.15, -0.1) is 0 Å². The van der Waals surface area contributed by atoms with Crippen LogP contribution in [0.2, 0.25) is 0 Å². The first-order valence-electron chi connectivity index (χ1n) is 7.98. The van der Waals surface area contributed by atoms with Gasteiger partial charge in [-0.1, -0.05) is 25.3 Å². The standard InChI is InChI=1S/C17H24N2O/c20-17(12-13-6-2-1-3-7-13)19-16-10-4-9-15-14(16)8-5-11-18-15/h4,9-10,13,18H,1-3,5-8,11-12H2,(H,19,20). The number of fused-ring (bicyclic) bond motifs is 1. The summed E-state index contributed by atoms with van der Waals surface area (Å²) in [5.41, 5.74) is 3.47. The normalized spacial score (nSPS) is 19.0. The number of benzene rings is 1. The van der Waals surface area contributed by atoms with Gasteiger partial charge in [0.05, 0.1) is 0 Å². The van der Waals surface area contributed by atoms with Crippen LogP contribution >= 0.6 is 0 Å². The van der Waals surface area contributed by atoms with Crippen molar-refractivity contribution in [2.45, 2.75) is 51.4 Å². The number of hydrogen-bond donors (Lipinski definition) is 2. The topological polar surface area (TPSA) is 41.1 Å². The van der Waals surface area contributed by atoms with E-state index in [0.29, 0.717) is 12.3 Å². The largest absolute Gasteiger partial charge is 0.385 e. The number of hydrogen-bond acceptors (Lipinski definition) is 2. The first kappa shape index (κ1) is 13.5. The molecule has 1 fully saturated rings. The average Bonchev–Trinajstić information content (AvgIpc) is 2.48. The first-order valence-corrected chi connectivity index (χ1v) is 7.98. The summed E-state index contributed by atoms with van der Waals surface area (Å²) in [6.07, 6.45) is 9.27. The fraction of sp³-hybridized carbons (Fsp3) is 0.588. The number of anilines is 2. The zero-order valence-electron chi connectivity index (χ0n) is 12.1. The van der Waals surface area contributed by atoms with E-state index in [1.54, 1.807) is 0 Å². The molecule has 1 aromatic carbocycles. The van der Waals surface area contributed by atoms with Crippen LogP contribution in [-0.2, 0) is 11.2 Å². The Hall–Kier alpha value is -1.51. The molecule has 0 unspecified atom stereocenters. The van der Waals surface area contributed by atoms with Gasteiger partial charge in [-0.3, -0.25) is 4.79 Å². The van der Waals surface area contributed by atoms with Crippen LogP contribution in [0.3, 0.4) is 0 Å². The van der Waals surface area contributed by atoms with Gasteiger partial charge in [0, 0.05) is 24.3 Å². The van der Waals surface area contributed by atoms with Crippen LogP contribution in [0, 0.1) is 5.92 Å². The monoisotopic (exact) mass is 272 g/mol. The van der Waals surface area contributed by atoms with Crippen molar-refractivity contribution in [2.75, 3.05) is 17.2 Å². The van der Waals surface area contributed by atoms with Gasteiger partial charge in [0.1, 0.15) is 0 Å². The van der Waals surface area contributed by atoms with E-state index >= 15 is 0 Å². The highest BCUT2D eigenvalue weighted by atomic mass is 16.1. The molecule has 1 aromatic rings. The van der Waals surface area contributed by atoms with Gasteiger partial charge in [0.25, 0.3) is 0 Å². The summed E-state index contributed by atoms with van der Waals surface area (Å²) < 4.78 is 0. The molecule has 1 aliphatic carbocycles. The Kier molecular flexibility index (Phi) is 4.24. The minimum absolute atomic E-state index is 0.191. The fourth-order valence-corrected chi connectivity index (χ4v) is 3.48. The Morgan fingerprint density at radius 2 is 2.05 bits per heavy atom. The summed E-state index contributed by atoms with van der Waals surface area (Å²) in [7, 11) is 0. The third-order valence-electron chi connectivity index (χ3n) is 4.57. The van der Waals surface area contributed by atoms with E-state index in [9.17, 15) is 4.79 Å². The van der Waals surface area contributed by atoms with E-state index in [4.69, 9.17) is 0 Å². The van der Waals surface area contributed by atoms with Gasteiger partial charge < -0.3 is 10.6 Å². The first-order chi connectivity index (χ1) is 9.83. The predicted octanol–water partition coefficient (Wildman–Crippen LogP) is 3.95. The Morgan fingerprint density at radius 1 is 1.20 bits per heavy atom. The zero-order chi connectivity index (χ0) is 13.8. The number of amides is 1. The summed E-state index contributed by atoms with van der Waals surface area (Å²) in [6.45, 7) is 1.03. The molecule has 3 heteroatoms. The molecule has 108 valence electrons. The molecule has 0 saturated heterocycles. The Labute approximate surface area is 121 Å². The van der Waals surface area contributed by atoms with Crippen LogP contribution in [0.4, 0.5) is 11.4 Å². The second kappa shape index (κ2) is 6.29. The van der Waals surface area contributed by atoms with Gasteiger partial charge in [-0.25, -0.2) is 0 Å². The van der Waals surface area contributed by atoms with Crippen molar-refractivity contribution in [2.24, 2.45) is 5.92 Å². The summed E-state index contributed by atoms with van der Waals surface area (Å²) in [5, 5.41) is 6.54. The third-order valence-corrected chi connectivity index (χ3v) is 4.57. The highest BCUT2D eigenvalue weighted by Crippen LogP contribution is 2.30. The molecule has 0 spiro atoms. The van der Waals surface area contributed by atoms with E-state index in [1.807, 2.05) is 12.1 Å². The van der Waals surface area contributed by atoms with Crippen LogP contribution < -0.4 is 10.6 Å². The molecule has 2 aliphatic rings. The zero-order valence-corrected chi connectivity index (χ0v) is 12.1. The summed E-state index contributed by atoms with van der Waals surface area (Å²) in [6, 6.07) is 6.16. The number of carbonyl (C=O) groups excluding carboxylic acids is 1. The molecule has 3 rings (SSSR count). The smallest absolute Gasteiger partial charge is 0.224 e. The molecule has 1 aliphatic heterocycles. The van der Waals surface area contributed by atoms with Crippen molar-refractivity contribution in [1.29, 1.82) is 0 Å². The maximum absolute atomic E-state index is 12.2. The lowest BCUT2D eigenvalue weighted by atomic mass is 9.87. The molecule has 2 N–H and O–H groups in total. The average molecular weight is 272 g/mol. The molecule has 1 amide bonds. The second-order valence-corrected chi connectivity index (χ2v) is 6.12. The Bertz CT molecular complexity index is 478. The van der Waals surface area contributed by atoms with E-state index in [0.717, 1.165) is 25.1 Å². The van der Waals surface area contributed by atoms with Gasteiger partial charge in [0.15, 0.2) is 0 Å². The summed E-state index contributed by atoms with van der Waals surface area (Å²) in [5.74, 6) is 0.789. The van der Waals surface area contributed by atoms with Crippen LogP contribution in [0.15, 0.2) is 18.2 Å². The molecule has 1 saturated carbocycles. The third kappa shape index (κ3) is 3.14. The van der Waals surface area contributed by atoms with Crippen LogP contribution in [0.5, 0.6) is 0 Å². The van der Waals surface area contributed by atoms with Gasteiger partial charge in [-0.05, 0) is 49.3 Å². The van der Waals surface area contributed by atoms with Crippen molar-refractivity contribution < 1.29 is 4.79 Å². The van der Waals surface area contributed by atoms with Crippen LogP contribution in [-0.4, -0.2) is 12.5 Å². The van der Waals surface area contributed by atoms with Crippen molar-refractivity contribution in [3.05, 3.63) is 23.8 Å². The number of carbonyl (C=O) groups is 1. The highest BCUT2D eigenvalue weighted by Gasteiger charge is 2.19. The van der Waals surface area contributed by atoms with Crippen LogP contribution in [0.25, 0.3) is 0 Å². The van der Waals surface area contributed by atoms with Crippen molar-refractivity contribution in [3.63, 3.8) is 0 Å². The summed E-state index contributed by atoms with van der Waals surface area (Å²) in [4.78, 5) is 12.2. The lowest BCUT2D eigenvalue weighted by Gasteiger charge is -2.23. The number of rotatable bonds is 3.